The van der Waals surface area contributed by atoms with E-state index in [-0.39, 0.29) is 28.9 Å². The van der Waals surface area contributed by atoms with Crippen LogP contribution in [-0.2, 0) is 6.42 Å². The summed E-state index contributed by atoms with van der Waals surface area (Å²) in [4.78, 5) is 0. The number of hydrogen-bond acceptors (Lipinski definition) is 1. The summed E-state index contributed by atoms with van der Waals surface area (Å²) < 4.78 is 61.4. The van der Waals surface area contributed by atoms with E-state index < -0.39 is 23.3 Å². The van der Waals surface area contributed by atoms with Crippen LogP contribution in [0.15, 0.2) is 49.3 Å². The van der Waals surface area contributed by atoms with Gasteiger partial charge in [0.25, 0.3) is 0 Å². The molecule has 1 nitrogen and oxygen atoms in total. The first-order valence-corrected chi connectivity index (χ1v) is 7.35. The second kappa shape index (κ2) is 7.81. The molecule has 0 heterocycles. The Morgan fingerprint density at radius 3 is 2.17 bits per heavy atom. The Morgan fingerprint density at radius 2 is 1.54 bits per heavy atom. The van der Waals surface area contributed by atoms with Crippen LogP contribution in [-0.4, -0.2) is 0 Å². The van der Waals surface area contributed by atoms with E-state index in [4.69, 9.17) is 4.74 Å². The van der Waals surface area contributed by atoms with Crippen molar-refractivity contribution in [2.75, 3.05) is 0 Å². The average molecular weight is 336 g/mol. The van der Waals surface area contributed by atoms with Crippen molar-refractivity contribution in [3.05, 3.63) is 78.1 Å². The molecule has 0 aliphatic carbocycles. The van der Waals surface area contributed by atoms with Crippen LogP contribution in [0.3, 0.4) is 0 Å². The second-order valence-corrected chi connectivity index (χ2v) is 5.05. The summed E-state index contributed by atoms with van der Waals surface area (Å²) in [7, 11) is 0. The highest BCUT2D eigenvalue weighted by Gasteiger charge is 2.21. The lowest BCUT2D eigenvalue weighted by Crippen LogP contribution is -2.00. The Bertz CT molecular complexity index is 781. The van der Waals surface area contributed by atoms with Gasteiger partial charge in [-0.1, -0.05) is 24.3 Å². The maximum absolute atomic E-state index is 14.3. The first-order chi connectivity index (χ1) is 11.5. The van der Waals surface area contributed by atoms with Crippen molar-refractivity contribution >= 4 is 0 Å². The molecule has 2 rings (SSSR count). The highest BCUT2D eigenvalue weighted by molar-refractivity contribution is 5.66. The molecule has 24 heavy (non-hydrogen) atoms. The summed E-state index contributed by atoms with van der Waals surface area (Å²) in [5.74, 6) is -5.17. The summed E-state index contributed by atoms with van der Waals surface area (Å²) in [5.41, 5.74) is -0.555. The van der Waals surface area contributed by atoms with E-state index in [2.05, 4.69) is 6.58 Å². The molecule has 0 saturated carbocycles. The molecule has 2 aromatic rings. The van der Waals surface area contributed by atoms with Crippen molar-refractivity contribution in [3.8, 4) is 16.9 Å². The van der Waals surface area contributed by atoms with Gasteiger partial charge in [-0.3, -0.25) is 0 Å². The van der Waals surface area contributed by atoms with Gasteiger partial charge in [0.2, 0.25) is 5.82 Å². The Kier molecular flexibility index (Phi) is 5.79. The molecule has 0 aromatic heterocycles. The van der Waals surface area contributed by atoms with E-state index in [1.165, 1.54) is 24.5 Å². The first-order valence-electron chi connectivity index (χ1n) is 7.35. The standard InChI is InChI=1S/C19H16F4O/c1-3-5-6-12-7-8-13(17(21)16(12)20)14-9-10-15(24-11-4-2)19(23)18(14)22/h3-4,7-11H,1,5-6H2,2H3. The third kappa shape index (κ3) is 3.50. The molecule has 0 fully saturated rings. The smallest absolute Gasteiger partial charge is 0.201 e. The van der Waals surface area contributed by atoms with E-state index >= 15 is 0 Å². The number of hydrogen-bond donors (Lipinski definition) is 0. The number of ether oxygens (including phenoxy) is 1. The zero-order valence-electron chi connectivity index (χ0n) is 13.1. The number of rotatable bonds is 6. The molecule has 0 atom stereocenters. The normalized spacial score (nSPS) is 11.0. The predicted molar refractivity (Wildman–Crippen MR) is 85.7 cm³/mol. The van der Waals surface area contributed by atoms with Gasteiger partial charge in [-0.15, -0.1) is 6.58 Å². The van der Waals surface area contributed by atoms with Crippen molar-refractivity contribution in [3.63, 3.8) is 0 Å². The molecule has 0 amide bonds. The summed E-state index contributed by atoms with van der Waals surface area (Å²) in [6.45, 7) is 5.17. The Labute approximate surface area is 137 Å². The lowest BCUT2D eigenvalue weighted by atomic mass is 9.99. The van der Waals surface area contributed by atoms with E-state index in [0.29, 0.717) is 6.42 Å². The third-order valence-electron chi connectivity index (χ3n) is 3.45. The molecule has 126 valence electrons. The third-order valence-corrected chi connectivity index (χ3v) is 3.45. The van der Waals surface area contributed by atoms with Crippen molar-refractivity contribution in [1.29, 1.82) is 0 Å². The monoisotopic (exact) mass is 336 g/mol. The van der Waals surface area contributed by atoms with E-state index in [1.54, 1.807) is 13.0 Å². The van der Waals surface area contributed by atoms with Crippen LogP contribution in [0.5, 0.6) is 5.75 Å². The van der Waals surface area contributed by atoms with Gasteiger partial charge < -0.3 is 4.74 Å². The molecule has 0 radical (unpaired) electrons. The zero-order chi connectivity index (χ0) is 17.7. The molecule has 0 aliphatic rings. The number of allylic oxidation sites excluding steroid dienone is 2. The van der Waals surface area contributed by atoms with Gasteiger partial charge >= 0.3 is 0 Å². The van der Waals surface area contributed by atoms with Gasteiger partial charge in [0.15, 0.2) is 23.2 Å². The highest BCUT2D eigenvalue weighted by atomic mass is 19.2. The van der Waals surface area contributed by atoms with Crippen LogP contribution in [0.2, 0.25) is 0 Å². The number of halogens is 4. The number of benzene rings is 2. The van der Waals surface area contributed by atoms with Crippen molar-refractivity contribution in [2.24, 2.45) is 0 Å². The van der Waals surface area contributed by atoms with Gasteiger partial charge in [-0.05, 0) is 37.5 Å². The SMILES string of the molecule is C=CCCc1ccc(-c2ccc(OC=CC)c(F)c2F)c(F)c1F. The first kappa shape index (κ1) is 17.8. The fraction of sp³-hybridized carbons (Fsp3) is 0.158. The fourth-order valence-electron chi connectivity index (χ4n) is 2.22. The molecule has 2 aromatic carbocycles. The fourth-order valence-corrected chi connectivity index (χ4v) is 2.22. The quantitative estimate of drug-likeness (QED) is 0.360. The Morgan fingerprint density at radius 1 is 0.917 bits per heavy atom. The molecule has 0 N–H and O–H groups in total. The molecular formula is C19H16F4O. The van der Waals surface area contributed by atoms with Gasteiger partial charge in [-0.2, -0.15) is 4.39 Å². The average Bonchev–Trinajstić information content (AvgIpc) is 2.58. The molecular weight excluding hydrogens is 320 g/mol. The van der Waals surface area contributed by atoms with Crippen LogP contribution < -0.4 is 4.74 Å². The van der Waals surface area contributed by atoms with E-state index in [9.17, 15) is 17.6 Å². The van der Waals surface area contributed by atoms with Gasteiger partial charge in [0, 0.05) is 11.1 Å². The van der Waals surface area contributed by atoms with Crippen LogP contribution in [0, 0.1) is 23.3 Å². The highest BCUT2D eigenvalue weighted by Crippen LogP contribution is 2.33. The molecule has 0 saturated heterocycles. The summed E-state index contributed by atoms with van der Waals surface area (Å²) in [6, 6.07) is 4.91. The van der Waals surface area contributed by atoms with Crippen LogP contribution in [0.25, 0.3) is 11.1 Å². The van der Waals surface area contributed by atoms with Crippen LogP contribution >= 0.6 is 0 Å². The predicted octanol–water partition coefficient (Wildman–Crippen LogP) is 5.94. The topological polar surface area (TPSA) is 9.23 Å². The van der Waals surface area contributed by atoms with Gasteiger partial charge in [0.05, 0.1) is 6.26 Å². The van der Waals surface area contributed by atoms with Crippen molar-refractivity contribution in [2.45, 2.75) is 19.8 Å². The Hall–Kier alpha value is -2.56. The van der Waals surface area contributed by atoms with Crippen molar-refractivity contribution in [1.82, 2.24) is 0 Å². The second-order valence-electron chi connectivity index (χ2n) is 5.05. The maximum Gasteiger partial charge on any atom is 0.201 e. The van der Waals surface area contributed by atoms with Crippen LogP contribution in [0.1, 0.15) is 18.9 Å². The summed E-state index contributed by atoms with van der Waals surface area (Å²) in [6.07, 6.45) is 5.04. The molecule has 0 spiro atoms. The van der Waals surface area contributed by atoms with E-state index in [0.717, 1.165) is 12.1 Å². The largest absolute Gasteiger partial charge is 0.462 e. The van der Waals surface area contributed by atoms with Crippen molar-refractivity contribution < 1.29 is 22.3 Å². The van der Waals surface area contributed by atoms with Gasteiger partial charge in [-0.25, -0.2) is 13.2 Å². The minimum absolute atomic E-state index is 0.157. The minimum atomic E-state index is -1.30. The molecule has 0 bridgehead atoms. The van der Waals surface area contributed by atoms with Gasteiger partial charge in [0.1, 0.15) is 0 Å². The lowest BCUT2D eigenvalue weighted by Gasteiger charge is -2.11. The Balaban J connectivity index is 2.47. The minimum Gasteiger partial charge on any atom is -0.462 e. The number of aryl methyl sites for hydroxylation is 1. The van der Waals surface area contributed by atoms with Crippen LogP contribution in [0.4, 0.5) is 17.6 Å². The molecule has 0 aliphatic heterocycles. The zero-order valence-corrected chi connectivity index (χ0v) is 13.1. The van der Waals surface area contributed by atoms with E-state index in [1.807, 2.05) is 0 Å². The maximum atomic E-state index is 14.3. The summed E-state index contributed by atoms with van der Waals surface area (Å²) in [5, 5.41) is 0. The molecule has 5 heteroatoms. The summed E-state index contributed by atoms with van der Waals surface area (Å²) >= 11 is 0. The molecule has 0 unspecified atom stereocenters. The lowest BCUT2D eigenvalue weighted by molar-refractivity contribution is 0.415.